The molecule has 0 N–H and O–H groups in total. The largest absolute Gasteiger partial charge is 0.465 e. The van der Waals surface area contributed by atoms with Crippen molar-refractivity contribution in [2.24, 2.45) is 0 Å². The van der Waals surface area contributed by atoms with E-state index in [4.69, 9.17) is 9.47 Å². The van der Waals surface area contributed by atoms with Crippen LogP contribution in [0, 0.1) is 5.82 Å². The van der Waals surface area contributed by atoms with Crippen LogP contribution in [-0.2, 0) is 23.8 Å². The summed E-state index contributed by atoms with van der Waals surface area (Å²) in [6.07, 6.45) is 5.84. The van der Waals surface area contributed by atoms with Crippen molar-refractivity contribution in [1.82, 2.24) is 0 Å². The molecule has 1 aliphatic heterocycles. The number of rotatable bonds is 4. The monoisotopic (exact) mass is 361 g/mol. The van der Waals surface area contributed by atoms with Gasteiger partial charge in [0.25, 0.3) is 0 Å². The van der Waals surface area contributed by atoms with Gasteiger partial charge in [-0.1, -0.05) is 6.08 Å². The number of halogens is 1. The Labute approximate surface area is 148 Å². The Hall–Kier alpha value is -3.42. The molecule has 1 aromatic rings. The molecule has 0 saturated carbocycles. The van der Waals surface area contributed by atoms with E-state index < -0.39 is 23.7 Å². The maximum atomic E-state index is 13.6. The summed E-state index contributed by atoms with van der Waals surface area (Å²) < 4.78 is 27.8. The van der Waals surface area contributed by atoms with Crippen LogP contribution in [0.4, 0.5) is 10.1 Å². The van der Waals surface area contributed by atoms with Gasteiger partial charge < -0.3 is 19.1 Å². The predicted molar refractivity (Wildman–Crippen MR) is 89.6 cm³/mol. The van der Waals surface area contributed by atoms with E-state index in [1.165, 1.54) is 42.5 Å². The van der Waals surface area contributed by atoms with Gasteiger partial charge in [0, 0.05) is 6.20 Å². The standard InChI is InChI=1S/C18H16FNO6/c1-24-16(21)12-6-4-5-9-20(15(12)18(23)26-3)14-8-7-11(19)10-13(14)17(22)25-2/h4-10H,1-3H3. The molecule has 0 bridgehead atoms. The summed E-state index contributed by atoms with van der Waals surface area (Å²) in [5, 5.41) is 0. The van der Waals surface area contributed by atoms with E-state index in [0.717, 1.165) is 26.4 Å². The number of methoxy groups -OCH3 is 3. The van der Waals surface area contributed by atoms with Gasteiger partial charge in [-0.2, -0.15) is 0 Å². The number of allylic oxidation sites excluding steroid dienone is 2. The van der Waals surface area contributed by atoms with Gasteiger partial charge >= 0.3 is 17.9 Å². The first kappa shape index (κ1) is 18.9. The minimum Gasteiger partial charge on any atom is -0.465 e. The molecule has 0 aliphatic carbocycles. The number of ether oxygens (including phenoxy) is 3. The zero-order valence-electron chi connectivity index (χ0n) is 14.3. The lowest BCUT2D eigenvalue weighted by atomic mass is 10.1. The van der Waals surface area contributed by atoms with Gasteiger partial charge in [-0.05, 0) is 30.4 Å². The van der Waals surface area contributed by atoms with Gasteiger partial charge in [-0.15, -0.1) is 0 Å². The van der Waals surface area contributed by atoms with Crippen LogP contribution in [0.5, 0.6) is 0 Å². The summed E-state index contributed by atoms with van der Waals surface area (Å²) in [6.45, 7) is 0. The lowest BCUT2D eigenvalue weighted by molar-refractivity contribution is -0.139. The Bertz CT molecular complexity index is 840. The Morgan fingerprint density at radius 2 is 1.58 bits per heavy atom. The number of esters is 3. The Morgan fingerprint density at radius 3 is 2.19 bits per heavy atom. The van der Waals surface area contributed by atoms with E-state index in [2.05, 4.69) is 4.74 Å². The molecule has 2 rings (SSSR count). The Kier molecular flexibility index (Phi) is 5.90. The molecule has 1 aliphatic rings. The first-order chi connectivity index (χ1) is 12.4. The molecule has 136 valence electrons. The number of anilines is 1. The summed E-state index contributed by atoms with van der Waals surface area (Å²) >= 11 is 0. The van der Waals surface area contributed by atoms with Gasteiger partial charge in [0.1, 0.15) is 11.5 Å². The van der Waals surface area contributed by atoms with Crippen molar-refractivity contribution >= 4 is 23.6 Å². The Morgan fingerprint density at radius 1 is 0.923 bits per heavy atom. The molecule has 0 atom stereocenters. The van der Waals surface area contributed by atoms with Gasteiger partial charge in [-0.25, -0.2) is 18.8 Å². The lowest BCUT2D eigenvalue weighted by Crippen LogP contribution is -2.28. The van der Waals surface area contributed by atoms with Crippen LogP contribution in [-0.4, -0.2) is 39.2 Å². The SMILES string of the molecule is COC(=O)C1=C(C(=O)OC)N(c2ccc(F)cc2C(=O)OC)C=CC=C1. The van der Waals surface area contributed by atoms with Crippen LogP contribution >= 0.6 is 0 Å². The highest BCUT2D eigenvalue weighted by Gasteiger charge is 2.29. The second-order valence-electron chi connectivity index (χ2n) is 4.97. The normalized spacial score (nSPS) is 13.3. The van der Waals surface area contributed by atoms with Crippen LogP contribution < -0.4 is 4.90 Å². The third kappa shape index (κ3) is 3.64. The second-order valence-corrected chi connectivity index (χ2v) is 4.97. The third-order valence-corrected chi connectivity index (χ3v) is 3.51. The van der Waals surface area contributed by atoms with E-state index in [1.807, 2.05) is 0 Å². The van der Waals surface area contributed by atoms with Gasteiger partial charge in [0.2, 0.25) is 0 Å². The molecule has 1 heterocycles. The average molecular weight is 361 g/mol. The average Bonchev–Trinajstić information content (AvgIpc) is 2.88. The summed E-state index contributed by atoms with van der Waals surface area (Å²) in [5.74, 6) is -3.10. The molecule has 0 unspecified atom stereocenters. The molecular formula is C18H16FNO6. The highest BCUT2D eigenvalue weighted by molar-refractivity contribution is 6.07. The number of carbonyl (C=O) groups is 3. The maximum absolute atomic E-state index is 13.6. The van der Waals surface area contributed by atoms with Crippen LogP contribution in [0.25, 0.3) is 0 Å². The molecule has 0 spiro atoms. The summed E-state index contributed by atoms with van der Waals surface area (Å²) in [5.41, 5.74) is -0.296. The van der Waals surface area contributed by atoms with Crippen molar-refractivity contribution in [3.05, 3.63) is 65.3 Å². The third-order valence-electron chi connectivity index (χ3n) is 3.51. The lowest BCUT2D eigenvalue weighted by Gasteiger charge is -2.24. The first-order valence-electron chi connectivity index (χ1n) is 7.37. The molecule has 26 heavy (non-hydrogen) atoms. The number of benzene rings is 1. The molecule has 8 heteroatoms. The number of nitrogens with zero attached hydrogens (tertiary/aromatic N) is 1. The molecular weight excluding hydrogens is 345 g/mol. The van der Waals surface area contributed by atoms with Crippen molar-refractivity contribution in [2.75, 3.05) is 26.2 Å². The minimum atomic E-state index is -0.846. The zero-order chi connectivity index (χ0) is 19.3. The molecule has 0 aromatic heterocycles. The van der Waals surface area contributed by atoms with Crippen LogP contribution in [0.2, 0.25) is 0 Å². The van der Waals surface area contributed by atoms with Crippen molar-refractivity contribution < 1.29 is 33.0 Å². The van der Waals surface area contributed by atoms with Crippen LogP contribution in [0.3, 0.4) is 0 Å². The van der Waals surface area contributed by atoms with Crippen molar-refractivity contribution in [1.29, 1.82) is 0 Å². The fourth-order valence-electron chi connectivity index (χ4n) is 2.34. The van der Waals surface area contributed by atoms with E-state index in [-0.39, 0.29) is 22.5 Å². The molecule has 0 fully saturated rings. The van der Waals surface area contributed by atoms with Crippen molar-refractivity contribution in [3.8, 4) is 0 Å². The summed E-state index contributed by atoms with van der Waals surface area (Å²) in [4.78, 5) is 37.8. The quantitative estimate of drug-likeness (QED) is 0.600. The predicted octanol–water partition coefficient (Wildman–Crippen LogP) is 2.10. The van der Waals surface area contributed by atoms with Crippen molar-refractivity contribution in [2.45, 2.75) is 0 Å². The fraction of sp³-hybridized carbons (Fsp3) is 0.167. The number of hydrogen-bond acceptors (Lipinski definition) is 7. The maximum Gasteiger partial charge on any atom is 0.355 e. The van der Waals surface area contributed by atoms with Gasteiger partial charge in [0.05, 0.1) is 38.2 Å². The van der Waals surface area contributed by atoms with Crippen molar-refractivity contribution in [3.63, 3.8) is 0 Å². The molecule has 7 nitrogen and oxygen atoms in total. The minimum absolute atomic E-state index is 0.0931. The smallest absolute Gasteiger partial charge is 0.355 e. The molecule has 0 radical (unpaired) electrons. The number of hydrogen-bond donors (Lipinski definition) is 0. The van der Waals surface area contributed by atoms with E-state index in [1.54, 1.807) is 0 Å². The van der Waals surface area contributed by atoms with E-state index in [0.29, 0.717) is 0 Å². The fourth-order valence-corrected chi connectivity index (χ4v) is 2.34. The highest BCUT2D eigenvalue weighted by atomic mass is 19.1. The molecule has 0 amide bonds. The second kappa shape index (κ2) is 8.11. The molecule has 0 saturated heterocycles. The van der Waals surface area contributed by atoms with Crippen LogP contribution in [0.15, 0.2) is 53.9 Å². The zero-order valence-corrected chi connectivity index (χ0v) is 14.3. The van der Waals surface area contributed by atoms with E-state index >= 15 is 0 Å². The molecule has 1 aromatic carbocycles. The van der Waals surface area contributed by atoms with Crippen LogP contribution in [0.1, 0.15) is 10.4 Å². The highest BCUT2D eigenvalue weighted by Crippen LogP contribution is 2.30. The number of carbonyl (C=O) groups excluding carboxylic acids is 3. The van der Waals surface area contributed by atoms with Gasteiger partial charge in [0.15, 0.2) is 0 Å². The van der Waals surface area contributed by atoms with Gasteiger partial charge in [-0.3, -0.25) is 0 Å². The summed E-state index contributed by atoms with van der Waals surface area (Å²) in [6, 6.07) is 3.37. The summed E-state index contributed by atoms with van der Waals surface area (Å²) in [7, 11) is 3.46. The van der Waals surface area contributed by atoms with E-state index in [9.17, 15) is 18.8 Å². The topological polar surface area (TPSA) is 82.1 Å². The first-order valence-corrected chi connectivity index (χ1v) is 7.37. The Balaban J connectivity index is 2.76.